The van der Waals surface area contributed by atoms with Gasteiger partial charge in [-0.1, -0.05) is 37.3 Å². The Morgan fingerprint density at radius 2 is 1.88 bits per heavy atom. The molecular formula is C14H18O3. The topological polar surface area (TPSA) is 43.4 Å². The molecule has 17 heavy (non-hydrogen) atoms. The Morgan fingerprint density at radius 1 is 1.24 bits per heavy atom. The summed E-state index contributed by atoms with van der Waals surface area (Å²) in [5.41, 5.74) is 0.698. The molecule has 1 atom stereocenters. The molecule has 0 aliphatic carbocycles. The van der Waals surface area contributed by atoms with Crippen LogP contribution in [0.3, 0.4) is 0 Å². The maximum absolute atomic E-state index is 11.8. The predicted octanol–water partition coefficient (Wildman–Crippen LogP) is 2.85. The first kappa shape index (κ1) is 13.4. The monoisotopic (exact) mass is 234 g/mol. The van der Waals surface area contributed by atoms with Gasteiger partial charge in [0.2, 0.25) is 0 Å². The third-order valence-electron chi connectivity index (χ3n) is 2.59. The molecule has 0 aliphatic heterocycles. The highest BCUT2D eigenvalue weighted by Gasteiger charge is 2.15. The molecule has 0 radical (unpaired) electrons. The molecule has 0 spiro atoms. The lowest BCUT2D eigenvalue weighted by molar-refractivity contribution is -0.147. The highest BCUT2D eigenvalue weighted by atomic mass is 16.5. The normalized spacial score (nSPS) is 11.9. The van der Waals surface area contributed by atoms with Crippen molar-refractivity contribution in [3.8, 4) is 0 Å². The van der Waals surface area contributed by atoms with Gasteiger partial charge in [-0.2, -0.15) is 0 Å². The van der Waals surface area contributed by atoms with Crippen LogP contribution in [0, 0.1) is 5.92 Å². The fourth-order valence-corrected chi connectivity index (χ4v) is 1.52. The van der Waals surface area contributed by atoms with E-state index in [9.17, 15) is 9.59 Å². The summed E-state index contributed by atoms with van der Waals surface area (Å²) in [4.78, 5) is 23.1. The molecule has 0 bridgehead atoms. The molecule has 0 amide bonds. The minimum absolute atomic E-state index is 0.0711. The van der Waals surface area contributed by atoms with Crippen molar-refractivity contribution < 1.29 is 14.3 Å². The van der Waals surface area contributed by atoms with Gasteiger partial charge in [-0.05, 0) is 13.3 Å². The van der Waals surface area contributed by atoms with Crippen molar-refractivity contribution in [2.45, 2.75) is 26.7 Å². The van der Waals surface area contributed by atoms with Crippen molar-refractivity contribution in [1.29, 1.82) is 0 Å². The van der Waals surface area contributed by atoms with Crippen LogP contribution in [-0.4, -0.2) is 18.4 Å². The van der Waals surface area contributed by atoms with E-state index in [1.165, 1.54) is 0 Å². The van der Waals surface area contributed by atoms with E-state index in [-0.39, 0.29) is 17.7 Å². The second-order valence-electron chi connectivity index (χ2n) is 3.98. The van der Waals surface area contributed by atoms with Crippen LogP contribution in [0.1, 0.15) is 37.0 Å². The minimum atomic E-state index is -0.228. The number of carbonyl (C=O) groups excluding carboxylic acids is 2. The predicted molar refractivity (Wildman–Crippen MR) is 65.8 cm³/mol. The zero-order valence-electron chi connectivity index (χ0n) is 10.3. The summed E-state index contributed by atoms with van der Waals surface area (Å²) in [6, 6.07) is 9.12. The molecule has 0 N–H and O–H groups in total. The van der Waals surface area contributed by atoms with Gasteiger partial charge >= 0.3 is 5.97 Å². The number of hydrogen-bond donors (Lipinski definition) is 0. The molecule has 1 aromatic rings. The van der Waals surface area contributed by atoms with Gasteiger partial charge in [0.15, 0.2) is 5.78 Å². The van der Waals surface area contributed by atoms with E-state index in [1.54, 1.807) is 26.0 Å². The number of ketones is 1. The standard InChI is InChI=1S/C14H18O3/c1-3-17-14(16)11(2)9-10-13(15)12-7-5-4-6-8-12/h4-8,11H,3,9-10H2,1-2H3. The van der Waals surface area contributed by atoms with Crippen LogP contribution in [0.15, 0.2) is 30.3 Å². The molecule has 0 heterocycles. The van der Waals surface area contributed by atoms with E-state index in [2.05, 4.69) is 0 Å². The van der Waals surface area contributed by atoms with Gasteiger partial charge in [-0.3, -0.25) is 9.59 Å². The smallest absolute Gasteiger partial charge is 0.308 e. The molecule has 0 aromatic heterocycles. The molecule has 0 aliphatic rings. The number of Topliss-reactive ketones (excluding diaryl/α,β-unsaturated/α-hetero) is 1. The number of hydrogen-bond acceptors (Lipinski definition) is 3. The Morgan fingerprint density at radius 3 is 2.47 bits per heavy atom. The summed E-state index contributed by atoms with van der Waals surface area (Å²) in [6.45, 7) is 3.95. The third-order valence-corrected chi connectivity index (χ3v) is 2.59. The van der Waals surface area contributed by atoms with Gasteiger partial charge < -0.3 is 4.74 Å². The van der Waals surface area contributed by atoms with Crippen molar-refractivity contribution in [2.75, 3.05) is 6.61 Å². The zero-order chi connectivity index (χ0) is 12.7. The third kappa shape index (κ3) is 4.39. The fraction of sp³-hybridized carbons (Fsp3) is 0.429. The van der Waals surface area contributed by atoms with Gasteiger partial charge in [0.1, 0.15) is 0 Å². The molecule has 1 rings (SSSR count). The number of ether oxygens (including phenoxy) is 1. The van der Waals surface area contributed by atoms with E-state index in [0.29, 0.717) is 25.0 Å². The number of esters is 1. The summed E-state index contributed by atoms with van der Waals surface area (Å²) in [5.74, 6) is -0.377. The highest BCUT2D eigenvalue weighted by molar-refractivity contribution is 5.96. The first-order valence-corrected chi connectivity index (χ1v) is 5.90. The Kier molecular flexibility index (Phi) is 5.40. The van der Waals surface area contributed by atoms with Crippen LogP contribution in [0.2, 0.25) is 0 Å². The van der Waals surface area contributed by atoms with Gasteiger partial charge in [-0.25, -0.2) is 0 Å². The highest BCUT2D eigenvalue weighted by Crippen LogP contribution is 2.12. The van der Waals surface area contributed by atoms with Gasteiger partial charge in [-0.15, -0.1) is 0 Å². The Balaban J connectivity index is 2.41. The second-order valence-corrected chi connectivity index (χ2v) is 3.98. The van der Waals surface area contributed by atoms with Crippen molar-refractivity contribution >= 4 is 11.8 Å². The number of rotatable bonds is 6. The van der Waals surface area contributed by atoms with Crippen molar-refractivity contribution in [3.05, 3.63) is 35.9 Å². The van der Waals surface area contributed by atoms with Crippen molar-refractivity contribution in [2.24, 2.45) is 5.92 Å². The van der Waals surface area contributed by atoms with Crippen LogP contribution in [0.25, 0.3) is 0 Å². The molecule has 3 nitrogen and oxygen atoms in total. The van der Waals surface area contributed by atoms with E-state index in [1.807, 2.05) is 18.2 Å². The summed E-state index contributed by atoms with van der Waals surface area (Å²) in [6.07, 6.45) is 0.913. The molecule has 1 unspecified atom stereocenters. The molecular weight excluding hydrogens is 216 g/mol. The van der Waals surface area contributed by atoms with Crippen LogP contribution >= 0.6 is 0 Å². The summed E-state index contributed by atoms with van der Waals surface area (Å²) in [5, 5.41) is 0. The molecule has 1 aromatic carbocycles. The summed E-state index contributed by atoms with van der Waals surface area (Å²) in [7, 11) is 0. The lowest BCUT2D eigenvalue weighted by atomic mass is 10.0. The number of carbonyl (C=O) groups is 2. The molecule has 3 heteroatoms. The van der Waals surface area contributed by atoms with Crippen molar-refractivity contribution in [3.63, 3.8) is 0 Å². The maximum Gasteiger partial charge on any atom is 0.308 e. The second kappa shape index (κ2) is 6.84. The first-order chi connectivity index (χ1) is 8.15. The molecule has 0 fully saturated rings. The maximum atomic E-state index is 11.8. The van der Waals surface area contributed by atoms with Gasteiger partial charge in [0.25, 0.3) is 0 Å². The number of benzene rings is 1. The van der Waals surface area contributed by atoms with E-state index in [4.69, 9.17) is 4.74 Å². The Bertz CT molecular complexity index is 370. The van der Waals surface area contributed by atoms with Gasteiger partial charge in [0, 0.05) is 12.0 Å². The quantitative estimate of drug-likeness (QED) is 0.561. The van der Waals surface area contributed by atoms with Crippen LogP contribution in [0.5, 0.6) is 0 Å². The zero-order valence-corrected chi connectivity index (χ0v) is 10.3. The first-order valence-electron chi connectivity index (χ1n) is 5.90. The average molecular weight is 234 g/mol. The van der Waals surface area contributed by atoms with Crippen LogP contribution < -0.4 is 0 Å². The molecule has 0 saturated heterocycles. The van der Waals surface area contributed by atoms with E-state index < -0.39 is 0 Å². The summed E-state index contributed by atoms with van der Waals surface area (Å²) >= 11 is 0. The Labute approximate surface area is 102 Å². The van der Waals surface area contributed by atoms with Crippen LogP contribution in [-0.2, 0) is 9.53 Å². The largest absolute Gasteiger partial charge is 0.466 e. The average Bonchev–Trinajstić information content (AvgIpc) is 2.36. The lowest BCUT2D eigenvalue weighted by Gasteiger charge is -2.09. The van der Waals surface area contributed by atoms with Crippen LogP contribution in [0.4, 0.5) is 0 Å². The van der Waals surface area contributed by atoms with E-state index in [0.717, 1.165) is 0 Å². The fourth-order valence-electron chi connectivity index (χ4n) is 1.52. The minimum Gasteiger partial charge on any atom is -0.466 e. The van der Waals surface area contributed by atoms with Crippen molar-refractivity contribution in [1.82, 2.24) is 0 Å². The summed E-state index contributed by atoms with van der Waals surface area (Å²) < 4.78 is 4.89. The van der Waals surface area contributed by atoms with E-state index >= 15 is 0 Å². The Hall–Kier alpha value is -1.64. The lowest BCUT2D eigenvalue weighted by Crippen LogP contribution is -2.16. The SMILES string of the molecule is CCOC(=O)C(C)CCC(=O)c1ccccc1. The molecule has 0 saturated carbocycles. The van der Waals surface area contributed by atoms with Gasteiger partial charge in [0.05, 0.1) is 12.5 Å². The molecule has 92 valence electrons.